The molecule has 1 saturated carbocycles. The first-order valence-electron chi connectivity index (χ1n) is 9.47. The molecule has 2 saturated heterocycles. The first-order chi connectivity index (χ1) is 10.3. The fourth-order valence-electron chi connectivity index (χ4n) is 5.12. The van der Waals surface area contributed by atoms with Crippen molar-refractivity contribution in [2.45, 2.75) is 76.4 Å². The van der Waals surface area contributed by atoms with Crippen LogP contribution in [0.4, 0.5) is 0 Å². The predicted octanol–water partition coefficient (Wildman–Crippen LogP) is 2.71. The second-order valence-corrected chi connectivity index (χ2v) is 7.61. The summed E-state index contributed by atoms with van der Waals surface area (Å²) < 4.78 is 0. The number of piperidine rings is 1. The molecule has 3 aliphatic rings. The average Bonchev–Trinajstić information content (AvgIpc) is 2.54. The van der Waals surface area contributed by atoms with Crippen molar-refractivity contribution in [2.75, 3.05) is 33.2 Å². The molecule has 122 valence electrons. The highest BCUT2D eigenvalue weighted by Gasteiger charge is 2.37. The van der Waals surface area contributed by atoms with E-state index in [-0.39, 0.29) is 0 Å². The highest BCUT2D eigenvalue weighted by molar-refractivity contribution is 4.95. The van der Waals surface area contributed by atoms with E-state index in [9.17, 15) is 0 Å². The summed E-state index contributed by atoms with van der Waals surface area (Å²) in [7, 11) is 2.18. The van der Waals surface area contributed by atoms with Gasteiger partial charge in [0.1, 0.15) is 0 Å². The molecule has 0 aromatic carbocycles. The Kier molecular flexibility index (Phi) is 5.58. The predicted molar refractivity (Wildman–Crippen MR) is 89.7 cm³/mol. The van der Waals surface area contributed by atoms with Gasteiger partial charge in [-0.2, -0.15) is 0 Å². The number of rotatable bonds is 4. The van der Waals surface area contributed by atoms with Gasteiger partial charge in [-0.05, 0) is 51.6 Å². The van der Waals surface area contributed by atoms with Gasteiger partial charge in [-0.3, -0.25) is 9.80 Å². The lowest BCUT2D eigenvalue weighted by atomic mass is 9.79. The van der Waals surface area contributed by atoms with Crippen molar-refractivity contribution in [3.63, 3.8) is 0 Å². The van der Waals surface area contributed by atoms with Crippen LogP contribution >= 0.6 is 0 Å². The van der Waals surface area contributed by atoms with Gasteiger partial charge in [-0.25, -0.2) is 0 Å². The molecule has 1 N–H and O–H groups in total. The van der Waals surface area contributed by atoms with Crippen molar-refractivity contribution < 1.29 is 0 Å². The third-order valence-electron chi connectivity index (χ3n) is 6.33. The second kappa shape index (κ2) is 7.43. The summed E-state index contributed by atoms with van der Waals surface area (Å²) in [4.78, 5) is 5.62. The summed E-state index contributed by atoms with van der Waals surface area (Å²) in [6.07, 6.45) is 11.4. The third kappa shape index (κ3) is 3.62. The molecule has 0 amide bonds. The van der Waals surface area contributed by atoms with Crippen molar-refractivity contribution >= 4 is 0 Å². The first kappa shape index (κ1) is 15.8. The molecular formula is C18H35N3. The zero-order chi connectivity index (χ0) is 14.7. The average molecular weight is 293 g/mol. The number of piperazine rings is 1. The largest absolute Gasteiger partial charge is 0.315 e. The zero-order valence-corrected chi connectivity index (χ0v) is 14.2. The Labute approximate surface area is 131 Å². The molecule has 0 spiro atoms. The normalized spacial score (nSPS) is 39.1. The summed E-state index contributed by atoms with van der Waals surface area (Å²) in [6.45, 7) is 7.66. The van der Waals surface area contributed by atoms with Gasteiger partial charge in [0.05, 0.1) is 0 Å². The number of nitrogens with zero attached hydrogens (tertiary/aromatic N) is 2. The zero-order valence-electron chi connectivity index (χ0n) is 14.2. The van der Waals surface area contributed by atoms with Crippen molar-refractivity contribution in [1.29, 1.82) is 0 Å². The van der Waals surface area contributed by atoms with E-state index >= 15 is 0 Å². The van der Waals surface area contributed by atoms with Gasteiger partial charge in [0.2, 0.25) is 0 Å². The Bertz CT molecular complexity index is 320. The van der Waals surface area contributed by atoms with Crippen LogP contribution in [0.25, 0.3) is 0 Å². The van der Waals surface area contributed by atoms with Crippen LogP contribution in [0.2, 0.25) is 0 Å². The number of likely N-dealkylation sites (N-methyl/N-ethyl adjacent to an activating group) is 1. The molecule has 3 nitrogen and oxygen atoms in total. The topological polar surface area (TPSA) is 18.5 Å². The fraction of sp³-hybridized carbons (Fsp3) is 1.00. The number of nitrogens with one attached hydrogen (secondary N) is 1. The van der Waals surface area contributed by atoms with Gasteiger partial charge < -0.3 is 5.32 Å². The molecule has 21 heavy (non-hydrogen) atoms. The van der Waals surface area contributed by atoms with Crippen LogP contribution in [0, 0.1) is 5.92 Å². The third-order valence-corrected chi connectivity index (χ3v) is 6.33. The van der Waals surface area contributed by atoms with Crippen LogP contribution in [0.5, 0.6) is 0 Å². The minimum absolute atomic E-state index is 0.730. The molecule has 4 atom stereocenters. The summed E-state index contributed by atoms with van der Waals surface area (Å²) in [5, 5.41) is 3.63. The summed E-state index contributed by atoms with van der Waals surface area (Å²) in [6, 6.07) is 2.38. The van der Waals surface area contributed by atoms with Crippen molar-refractivity contribution in [3.05, 3.63) is 0 Å². The molecule has 3 rings (SSSR count). The van der Waals surface area contributed by atoms with Gasteiger partial charge >= 0.3 is 0 Å². The molecule has 0 aromatic rings. The van der Waals surface area contributed by atoms with Crippen molar-refractivity contribution in [1.82, 2.24) is 15.1 Å². The van der Waals surface area contributed by atoms with E-state index in [1.54, 1.807) is 0 Å². The molecule has 1 aliphatic carbocycles. The van der Waals surface area contributed by atoms with Crippen LogP contribution in [-0.2, 0) is 0 Å². The second-order valence-electron chi connectivity index (χ2n) is 7.61. The fourth-order valence-corrected chi connectivity index (χ4v) is 5.12. The van der Waals surface area contributed by atoms with Gasteiger partial charge in [-0.1, -0.05) is 26.2 Å². The Morgan fingerprint density at radius 3 is 2.67 bits per heavy atom. The summed E-state index contributed by atoms with van der Waals surface area (Å²) >= 11 is 0. The highest BCUT2D eigenvalue weighted by Crippen LogP contribution is 2.33. The molecule has 0 aromatic heterocycles. The van der Waals surface area contributed by atoms with Crippen LogP contribution in [0.15, 0.2) is 0 Å². The summed E-state index contributed by atoms with van der Waals surface area (Å²) in [5.41, 5.74) is 0. The van der Waals surface area contributed by atoms with E-state index in [2.05, 4.69) is 29.1 Å². The van der Waals surface area contributed by atoms with E-state index in [4.69, 9.17) is 0 Å². The van der Waals surface area contributed by atoms with Gasteiger partial charge in [0, 0.05) is 37.8 Å². The first-order valence-corrected chi connectivity index (χ1v) is 9.47. The quantitative estimate of drug-likeness (QED) is 0.860. The maximum absolute atomic E-state index is 3.63. The van der Waals surface area contributed by atoms with Crippen LogP contribution in [0.3, 0.4) is 0 Å². The Hall–Kier alpha value is -0.120. The molecule has 3 fully saturated rings. The molecule has 0 bridgehead atoms. The van der Waals surface area contributed by atoms with E-state index in [1.165, 1.54) is 77.5 Å². The molecular weight excluding hydrogens is 258 g/mol. The van der Waals surface area contributed by atoms with Gasteiger partial charge in [0.15, 0.2) is 0 Å². The van der Waals surface area contributed by atoms with Crippen LogP contribution in [-0.4, -0.2) is 61.2 Å². The lowest BCUT2D eigenvalue weighted by Gasteiger charge is -2.50. The maximum atomic E-state index is 3.63. The van der Waals surface area contributed by atoms with Gasteiger partial charge in [0.25, 0.3) is 0 Å². The SMILES string of the molecule is CCCC1CCC(NC)C(N2CCN3CCCCC3C2)C1. The monoisotopic (exact) mass is 293 g/mol. The van der Waals surface area contributed by atoms with Crippen LogP contribution in [0.1, 0.15) is 58.3 Å². The molecule has 3 heteroatoms. The number of fused-ring (bicyclic) bond motifs is 1. The summed E-state index contributed by atoms with van der Waals surface area (Å²) in [5.74, 6) is 0.981. The lowest BCUT2D eigenvalue weighted by molar-refractivity contribution is 0.00186. The Morgan fingerprint density at radius 2 is 1.86 bits per heavy atom. The van der Waals surface area contributed by atoms with Crippen molar-refractivity contribution in [2.24, 2.45) is 5.92 Å². The lowest BCUT2D eigenvalue weighted by Crippen LogP contribution is -2.61. The molecule has 4 unspecified atom stereocenters. The van der Waals surface area contributed by atoms with E-state index < -0.39 is 0 Å². The van der Waals surface area contributed by atoms with Gasteiger partial charge in [-0.15, -0.1) is 0 Å². The molecule has 2 heterocycles. The maximum Gasteiger partial charge on any atom is 0.0253 e. The van der Waals surface area contributed by atoms with Crippen LogP contribution < -0.4 is 5.32 Å². The van der Waals surface area contributed by atoms with E-state index in [0.717, 1.165) is 24.0 Å². The highest BCUT2D eigenvalue weighted by atomic mass is 15.3. The van der Waals surface area contributed by atoms with E-state index in [1.807, 2.05) is 0 Å². The minimum Gasteiger partial charge on any atom is -0.315 e. The Balaban J connectivity index is 1.62. The molecule has 2 aliphatic heterocycles. The standard InChI is InChI=1S/C18H35N3/c1-3-6-15-8-9-17(19-2)18(13-15)21-12-11-20-10-5-4-7-16(20)14-21/h15-19H,3-14H2,1-2H3. The Morgan fingerprint density at radius 1 is 1.00 bits per heavy atom. The minimum atomic E-state index is 0.730. The number of hydrogen-bond donors (Lipinski definition) is 1. The molecule has 0 radical (unpaired) electrons. The number of hydrogen-bond acceptors (Lipinski definition) is 3. The smallest absolute Gasteiger partial charge is 0.0253 e. The van der Waals surface area contributed by atoms with Crippen molar-refractivity contribution in [3.8, 4) is 0 Å². The van der Waals surface area contributed by atoms with E-state index in [0.29, 0.717) is 0 Å².